The molecule has 0 fully saturated rings. The van der Waals surface area contributed by atoms with Gasteiger partial charge in [-0.25, -0.2) is 4.98 Å². The van der Waals surface area contributed by atoms with Crippen LogP contribution in [0.15, 0.2) is 42.6 Å². The summed E-state index contributed by atoms with van der Waals surface area (Å²) in [4.78, 5) is 4.61. The van der Waals surface area contributed by atoms with E-state index in [0.29, 0.717) is 10.0 Å². The summed E-state index contributed by atoms with van der Waals surface area (Å²) in [6, 6.07) is 11.5. The first-order valence-electron chi connectivity index (χ1n) is 5.25. The van der Waals surface area contributed by atoms with Gasteiger partial charge >= 0.3 is 0 Å². The molecule has 0 aliphatic carbocycles. The van der Waals surface area contributed by atoms with E-state index in [2.05, 4.69) is 27.6 Å². The Hall–Kier alpha value is -0.780. The van der Waals surface area contributed by atoms with Crippen LogP contribution in [0.25, 0.3) is 16.9 Å². The van der Waals surface area contributed by atoms with Crippen molar-refractivity contribution >= 4 is 51.4 Å². The molecule has 2 aromatic heterocycles. The predicted molar refractivity (Wildman–Crippen MR) is 83.4 cm³/mol. The molecular weight excluding hydrogens is 382 g/mol. The minimum Gasteiger partial charge on any atom is -0.294 e. The standard InChI is InChI=1S/C13H7Cl2IN2/c14-9-5-4-8(7-10(9)15)12-13(16)18-6-2-1-3-11(18)17-12/h1-7H. The fraction of sp³-hybridized carbons (Fsp3) is 0. The second-order valence-electron chi connectivity index (χ2n) is 3.81. The van der Waals surface area contributed by atoms with E-state index in [1.165, 1.54) is 0 Å². The van der Waals surface area contributed by atoms with Crippen LogP contribution >= 0.6 is 45.8 Å². The summed E-state index contributed by atoms with van der Waals surface area (Å²) in [5.74, 6) is 0. The first-order chi connectivity index (χ1) is 8.66. The Kier molecular flexibility index (Phi) is 3.21. The van der Waals surface area contributed by atoms with Crippen LogP contribution in [0.2, 0.25) is 10.0 Å². The van der Waals surface area contributed by atoms with Gasteiger partial charge in [0.2, 0.25) is 0 Å². The number of pyridine rings is 1. The van der Waals surface area contributed by atoms with Gasteiger partial charge in [0, 0.05) is 11.8 Å². The molecule has 0 unspecified atom stereocenters. The molecular formula is C13H7Cl2IN2. The van der Waals surface area contributed by atoms with Gasteiger partial charge in [-0.15, -0.1) is 0 Å². The van der Waals surface area contributed by atoms with Crippen LogP contribution in [0.4, 0.5) is 0 Å². The monoisotopic (exact) mass is 388 g/mol. The average Bonchev–Trinajstić information content (AvgIpc) is 2.71. The molecule has 0 saturated heterocycles. The van der Waals surface area contributed by atoms with E-state index in [1.54, 1.807) is 6.07 Å². The van der Waals surface area contributed by atoms with Gasteiger partial charge in [0.25, 0.3) is 0 Å². The van der Waals surface area contributed by atoms with Crippen molar-refractivity contribution in [2.75, 3.05) is 0 Å². The maximum absolute atomic E-state index is 6.05. The van der Waals surface area contributed by atoms with Crippen molar-refractivity contribution in [3.8, 4) is 11.3 Å². The molecule has 2 heterocycles. The number of halogens is 3. The number of imidazole rings is 1. The molecule has 0 spiro atoms. The number of rotatable bonds is 1. The summed E-state index contributed by atoms with van der Waals surface area (Å²) in [6.07, 6.45) is 1.99. The Bertz CT molecular complexity index is 737. The Morgan fingerprint density at radius 2 is 1.89 bits per heavy atom. The van der Waals surface area contributed by atoms with Crippen LogP contribution in [0.1, 0.15) is 0 Å². The second-order valence-corrected chi connectivity index (χ2v) is 5.65. The third-order valence-electron chi connectivity index (χ3n) is 2.66. The van der Waals surface area contributed by atoms with Gasteiger partial charge in [0.05, 0.1) is 10.0 Å². The van der Waals surface area contributed by atoms with Gasteiger partial charge in [-0.05, 0) is 46.9 Å². The van der Waals surface area contributed by atoms with Crippen LogP contribution in [-0.4, -0.2) is 9.38 Å². The van der Waals surface area contributed by atoms with Crippen LogP contribution in [0.5, 0.6) is 0 Å². The molecule has 2 nitrogen and oxygen atoms in total. The summed E-state index contributed by atoms with van der Waals surface area (Å²) in [5, 5.41) is 1.10. The first-order valence-corrected chi connectivity index (χ1v) is 7.08. The molecule has 3 aromatic rings. The summed E-state index contributed by atoms with van der Waals surface area (Å²) < 4.78 is 3.10. The molecule has 5 heteroatoms. The summed E-state index contributed by atoms with van der Waals surface area (Å²) in [7, 11) is 0. The van der Waals surface area contributed by atoms with E-state index in [-0.39, 0.29) is 0 Å². The van der Waals surface area contributed by atoms with Crippen molar-refractivity contribution in [1.82, 2.24) is 9.38 Å². The molecule has 18 heavy (non-hydrogen) atoms. The van der Waals surface area contributed by atoms with Crippen LogP contribution in [0, 0.1) is 3.70 Å². The smallest absolute Gasteiger partial charge is 0.138 e. The summed E-state index contributed by atoms with van der Waals surface area (Å²) in [6.45, 7) is 0. The molecule has 0 aliphatic rings. The quantitative estimate of drug-likeness (QED) is 0.541. The topological polar surface area (TPSA) is 17.3 Å². The highest BCUT2D eigenvalue weighted by atomic mass is 127. The molecule has 3 rings (SSSR count). The molecule has 1 aromatic carbocycles. The van der Waals surface area contributed by atoms with E-state index in [1.807, 2.05) is 40.9 Å². The average molecular weight is 389 g/mol. The molecule has 0 bridgehead atoms. The van der Waals surface area contributed by atoms with E-state index >= 15 is 0 Å². The van der Waals surface area contributed by atoms with E-state index < -0.39 is 0 Å². The number of hydrogen-bond acceptors (Lipinski definition) is 1. The fourth-order valence-corrected chi connectivity index (χ4v) is 2.93. The van der Waals surface area contributed by atoms with E-state index in [9.17, 15) is 0 Å². The largest absolute Gasteiger partial charge is 0.294 e. The van der Waals surface area contributed by atoms with Crippen molar-refractivity contribution in [2.24, 2.45) is 0 Å². The van der Waals surface area contributed by atoms with Gasteiger partial charge in [-0.2, -0.15) is 0 Å². The molecule has 0 radical (unpaired) electrons. The Balaban J connectivity index is 2.25. The van der Waals surface area contributed by atoms with Crippen molar-refractivity contribution in [3.05, 3.63) is 56.3 Å². The maximum atomic E-state index is 6.05. The lowest BCUT2D eigenvalue weighted by Gasteiger charge is -2.00. The highest BCUT2D eigenvalue weighted by Gasteiger charge is 2.12. The molecule has 90 valence electrons. The third-order valence-corrected chi connectivity index (χ3v) is 4.43. The minimum atomic E-state index is 0.544. The fourth-order valence-electron chi connectivity index (χ4n) is 1.79. The van der Waals surface area contributed by atoms with Crippen LogP contribution < -0.4 is 0 Å². The third kappa shape index (κ3) is 2.00. The van der Waals surface area contributed by atoms with Gasteiger partial charge in [0.15, 0.2) is 0 Å². The van der Waals surface area contributed by atoms with Crippen molar-refractivity contribution < 1.29 is 0 Å². The zero-order valence-corrected chi connectivity index (χ0v) is 12.7. The van der Waals surface area contributed by atoms with Gasteiger partial charge in [-0.1, -0.05) is 35.3 Å². The summed E-state index contributed by atoms with van der Waals surface area (Å²) in [5.41, 5.74) is 2.81. The Labute approximate surface area is 128 Å². The minimum absolute atomic E-state index is 0.544. The molecule has 0 N–H and O–H groups in total. The van der Waals surface area contributed by atoms with Crippen molar-refractivity contribution in [1.29, 1.82) is 0 Å². The van der Waals surface area contributed by atoms with E-state index in [0.717, 1.165) is 20.6 Å². The van der Waals surface area contributed by atoms with Crippen molar-refractivity contribution in [3.63, 3.8) is 0 Å². The maximum Gasteiger partial charge on any atom is 0.138 e. The zero-order valence-electron chi connectivity index (χ0n) is 9.07. The van der Waals surface area contributed by atoms with Crippen LogP contribution in [-0.2, 0) is 0 Å². The highest BCUT2D eigenvalue weighted by Crippen LogP contribution is 2.31. The molecule has 0 atom stereocenters. The predicted octanol–water partition coefficient (Wildman–Crippen LogP) is 4.91. The summed E-state index contributed by atoms with van der Waals surface area (Å²) >= 11 is 14.3. The highest BCUT2D eigenvalue weighted by molar-refractivity contribution is 14.1. The van der Waals surface area contributed by atoms with E-state index in [4.69, 9.17) is 23.2 Å². The lowest BCUT2D eigenvalue weighted by molar-refractivity contribution is 1.15. The Morgan fingerprint density at radius 1 is 1.06 bits per heavy atom. The molecule has 0 saturated carbocycles. The molecule has 0 aliphatic heterocycles. The first kappa shape index (κ1) is 12.3. The second kappa shape index (κ2) is 4.72. The van der Waals surface area contributed by atoms with Crippen molar-refractivity contribution in [2.45, 2.75) is 0 Å². The van der Waals surface area contributed by atoms with Gasteiger partial charge in [0.1, 0.15) is 15.0 Å². The lowest BCUT2D eigenvalue weighted by Crippen LogP contribution is -1.86. The number of nitrogens with zero attached hydrogens (tertiary/aromatic N) is 2. The van der Waals surface area contributed by atoms with Crippen LogP contribution in [0.3, 0.4) is 0 Å². The number of aromatic nitrogens is 2. The number of benzene rings is 1. The van der Waals surface area contributed by atoms with Gasteiger partial charge in [-0.3, -0.25) is 4.40 Å². The number of hydrogen-bond donors (Lipinski definition) is 0. The normalized spacial score (nSPS) is 11.1. The zero-order chi connectivity index (χ0) is 12.7. The molecule has 0 amide bonds. The Morgan fingerprint density at radius 3 is 2.61 bits per heavy atom. The number of fused-ring (bicyclic) bond motifs is 1. The SMILES string of the molecule is Clc1ccc(-c2nc3ccccn3c2I)cc1Cl. The van der Waals surface area contributed by atoms with Gasteiger partial charge < -0.3 is 0 Å². The lowest BCUT2D eigenvalue weighted by atomic mass is 10.2.